The number of allylic oxidation sites excluding steroid dienone is 1. The Labute approximate surface area is 146 Å². The number of benzene rings is 2. The fourth-order valence-corrected chi connectivity index (χ4v) is 2.57. The average molecular weight is 327 g/mol. The maximum absolute atomic E-state index is 9.49. The van der Waals surface area contributed by atoms with Gasteiger partial charge in [0.1, 0.15) is 11.9 Å². The molecule has 1 heterocycles. The second kappa shape index (κ2) is 7.33. The number of imidazole rings is 1. The topological polar surface area (TPSA) is 79.5 Å². The zero-order valence-electron chi connectivity index (χ0n) is 13.9. The number of hydrogen-bond donors (Lipinski definition) is 1. The fraction of sp³-hybridized carbons (Fsp3) is 0.150. The minimum Gasteiger partial charge on any atom is -0.374 e. The van der Waals surface area contributed by atoms with E-state index in [1.54, 1.807) is 0 Å². The highest BCUT2D eigenvalue weighted by Gasteiger charge is 2.08. The van der Waals surface area contributed by atoms with E-state index < -0.39 is 0 Å². The Morgan fingerprint density at radius 1 is 1.16 bits per heavy atom. The molecule has 0 radical (unpaired) electrons. The first-order valence-corrected chi connectivity index (χ1v) is 7.96. The Kier molecular flexibility index (Phi) is 4.78. The lowest BCUT2D eigenvalue weighted by Gasteiger charge is -2.17. The van der Waals surface area contributed by atoms with Crippen molar-refractivity contribution in [2.75, 3.05) is 18.5 Å². The molecule has 0 fully saturated rings. The first-order chi connectivity index (χ1) is 12.2. The molecule has 0 unspecified atom stereocenters. The van der Waals surface area contributed by atoms with Gasteiger partial charge in [0.2, 0.25) is 0 Å². The first kappa shape index (κ1) is 16.3. The van der Waals surface area contributed by atoms with Crippen LogP contribution < -0.4 is 4.90 Å². The zero-order chi connectivity index (χ0) is 17.6. The first-order valence-electron chi connectivity index (χ1n) is 7.96. The smallest absolute Gasteiger partial charge is 0.149 e. The molecular formula is C20H17N5. The quantitative estimate of drug-likeness (QED) is 0.719. The van der Waals surface area contributed by atoms with E-state index in [0.717, 1.165) is 22.3 Å². The third-order valence-corrected chi connectivity index (χ3v) is 3.97. The summed E-state index contributed by atoms with van der Waals surface area (Å²) in [4.78, 5) is 9.68. The van der Waals surface area contributed by atoms with Crippen molar-refractivity contribution in [2.24, 2.45) is 0 Å². The number of H-pyrrole nitrogens is 1. The molecule has 0 bridgehead atoms. The molecule has 3 aromatic rings. The number of nitrogens with zero attached hydrogens (tertiary/aromatic N) is 4. The van der Waals surface area contributed by atoms with Gasteiger partial charge >= 0.3 is 0 Å². The van der Waals surface area contributed by atoms with E-state index in [9.17, 15) is 5.26 Å². The molecule has 5 nitrogen and oxygen atoms in total. The van der Waals surface area contributed by atoms with E-state index in [4.69, 9.17) is 5.26 Å². The summed E-state index contributed by atoms with van der Waals surface area (Å²) >= 11 is 0. The van der Waals surface area contributed by atoms with Crippen molar-refractivity contribution >= 4 is 28.4 Å². The van der Waals surface area contributed by atoms with E-state index in [-0.39, 0.29) is 0 Å². The second-order valence-electron chi connectivity index (χ2n) is 5.69. The summed E-state index contributed by atoms with van der Waals surface area (Å²) in [5, 5.41) is 18.2. The van der Waals surface area contributed by atoms with Crippen LogP contribution in [-0.2, 0) is 0 Å². The molecule has 1 N–H and O–H groups in total. The largest absolute Gasteiger partial charge is 0.374 e. The van der Waals surface area contributed by atoms with Crippen molar-refractivity contribution in [1.82, 2.24) is 9.97 Å². The van der Waals surface area contributed by atoms with Crippen molar-refractivity contribution in [3.05, 3.63) is 59.9 Å². The molecule has 0 aliphatic heterocycles. The Hall–Kier alpha value is -3.57. The Morgan fingerprint density at radius 2 is 1.92 bits per heavy atom. The summed E-state index contributed by atoms with van der Waals surface area (Å²) in [6.45, 7) is 0.689. The average Bonchev–Trinajstić information content (AvgIpc) is 3.08. The summed E-state index contributed by atoms with van der Waals surface area (Å²) in [7, 11) is 1.96. The van der Waals surface area contributed by atoms with Gasteiger partial charge in [0, 0.05) is 19.3 Å². The second-order valence-corrected chi connectivity index (χ2v) is 5.69. The highest BCUT2D eigenvalue weighted by molar-refractivity contribution is 5.90. The lowest BCUT2D eigenvalue weighted by atomic mass is 10.1. The molecule has 122 valence electrons. The molecule has 0 saturated carbocycles. The van der Waals surface area contributed by atoms with Crippen LogP contribution in [0.1, 0.15) is 17.8 Å². The van der Waals surface area contributed by atoms with Gasteiger partial charge in [0.05, 0.1) is 29.1 Å². The van der Waals surface area contributed by atoms with Crippen molar-refractivity contribution in [3.8, 4) is 12.1 Å². The van der Waals surface area contributed by atoms with E-state index in [1.807, 2.05) is 66.6 Å². The summed E-state index contributed by atoms with van der Waals surface area (Å²) in [6, 6.07) is 19.9. The Bertz CT molecular complexity index is 950. The lowest BCUT2D eigenvalue weighted by molar-refractivity contribution is 0.905. The highest BCUT2D eigenvalue weighted by atomic mass is 15.1. The molecule has 3 rings (SSSR count). The Balaban J connectivity index is 1.85. The van der Waals surface area contributed by atoms with Gasteiger partial charge in [0.15, 0.2) is 0 Å². The molecule has 1 aromatic heterocycles. The fourth-order valence-electron chi connectivity index (χ4n) is 2.57. The number of para-hydroxylation sites is 2. The van der Waals surface area contributed by atoms with Crippen LogP contribution in [0.3, 0.4) is 0 Å². The van der Waals surface area contributed by atoms with Crippen LogP contribution in [0.2, 0.25) is 0 Å². The van der Waals surface area contributed by atoms with Crippen LogP contribution in [0.4, 0.5) is 5.69 Å². The van der Waals surface area contributed by atoms with Crippen LogP contribution in [0.5, 0.6) is 0 Å². The molecule has 0 amide bonds. The summed E-state index contributed by atoms with van der Waals surface area (Å²) in [5.41, 5.74) is 4.20. The molecular weight excluding hydrogens is 310 g/mol. The lowest BCUT2D eigenvalue weighted by Crippen LogP contribution is -2.17. The number of fused-ring (bicyclic) bond motifs is 1. The third-order valence-electron chi connectivity index (χ3n) is 3.97. The van der Waals surface area contributed by atoms with Gasteiger partial charge in [-0.25, -0.2) is 4.98 Å². The minimum absolute atomic E-state index is 0.488. The van der Waals surface area contributed by atoms with Crippen molar-refractivity contribution in [1.29, 1.82) is 10.5 Å². The van der Waals surface area contributed by atoms with Crippen LogP contribution >= 0.6 is 0 Å². The van der Waals surface area contributed by atoms with Crippen LogP contribution in [0, 0.1) is 22.7 Å². The van der Waals surface area contributed by atoms with E-state index >= 15 is 0 Å². The van der Waals surface area contributed by atoms with Gasteiger partial charge in [-0.15, -0.1) is 0 Å². The predicted octanol–water partition coefficient (Wildman–Crippen LogP) is 3.98. The number of nitrogens with one attached hydrogen (secondary N) is 1. The van der Waals surface area contributed by atoms with Gasteiger partial charge in [-0.2, -0.15) is 10.5 Å². The molecule has 0 aliphatic carbocycles. The molecule has 0 atom stereocenters. The highest BCUT2D eigenvalue weighted by Crippen LogP contribution is 2.21. The molecule has 2 aromatic carbocycles. The number of rotatable bonds is 5. The van der Waals surface area contributed by atoms with Crippen LogP contribution in [-0.4, -0.2) is 23.6 Å². The van der Waals surface area contributed by atoms with Gasteiger partial charge in [-0.1, -0.05) is 24.3 Å². The van der Waals surface area contributed by atoms with Crippen molar-refractivity contribution < 1.29 is 0 Å². The number of hydrogen-bond acceptors (Lipinski definition) is 4. The van der Waals surface area contributed by atoms with Gasteiger partial charge in [-0.3, -0.25) is 0 Å². The summed E-state index contributed by atoms with van der Waals surface area (Å²) in [5.74, 6) is 0.568. The monoisotopic (exact) mass is 327 g/mol. The maximum atomic E-state index is 9.49. The summed E-state index contributed by atoms with van der Waals surface area (Å²) in [6.07, 6.45) is 2.31. The Morgan fingerprint density at radius 3 is 2.60 bits per heavy atom. The number of aromatic nitrogens is 2. The minimum atomic E-state index is 0.488. The third kappa shape index (κ3) is 3.68. The zero-order valence-corrected chi connectivity index (χ0v) is 13.9. The maximum Gasteiger partial charge on any atom is 0.149 e. The van der Waals surface area contributed by atoms with Crippen LogP contribution in [0.15, 0.2) is 48.5 Å². The van der Waals surface area contributed by atoms with E-state index in [2.05, 4.69) is 22.1 Å². The molecule has 0 spiro atoms. The number of aromatic amines is 1. The number of nitriles is 2. The molecule has 5 heteroatoms. The number of anilines is 1. The van der Waals surface area contributed by atoms with Crippen molar-refractivity contribution in [3.63, 3.8) is 0 Å². The molecule has 0 saturated heterocycles. The summed E-state index contributed by atoms with van der Waals surface area (Å²) < 4.78 is 0. The molecule has 25 heavy (non-hydrogen) atoms. The van der Waals surface area contributed by atoms with Gasteiger partial charge in [0.25, 0.3) is 0 Å². The predicted molar refractivity (Wildman–Crippen MR) is 99.5 cm³/mol. The normalized spacial score (nSPS) is 11.1. The standard InChI is InChI=1S/C20H17N5/c1-25(12-4-11-21)17-9-7-15(8-10-17)13-16(14-22)20-23-18-5-2-3-6-19(18)24-20/h2-3,5-10,13H,4,12H2,1H3,(H,23,24). The van der Waals surface area contributed by atoms with Crippen LogP contribution in [0.25, 0.3) is 22.7 Å². The molecule has 0 aliphatic rings. The SMILES string of the molecule is CN(CCC#N)c1ccc(C=C(C#N)c2nc3ccccc3[nH]2)cc1. The van der Waals surface area contributed by atoms with E-state index in [0.29, 0.717) is 24.4 Å². The van der Waals surface area contributed by atoms with Crippen molar-refractivity contribution in [2.45, 2.75) is 6.42 Å². The van der Waals surface area contributed by atoms with Gasteiger partial charge in [-0.05, 0) is 35.9 Å². The van der Waals surface area contributed by atoms with Gasteiger partial charge < -0.3 is 9.88 Å². The van der Waals surface area contributed by atoms with E-state index in [1.165, 1.54) is 0 Å².